The van der Waals surface area contributed by atoms with Crippen molar-refractivity contribution in [3.05, 3.63) is 29.8 Å². The van der Waals surface area contributed by atoms with Crippen molar-refractivity contribution in [3.8, 4) is 0 Å². The SMILES string of the molecule is CCOC(=O)c1ccc(NNC(=O)C2CCCN2C(=O)OC)cc1. The molecule has 0 aliphatic carbocycles. The number of nitrogens with one attached hydrogen (secondary N) is 2. The van der Waals surface area contributed by atoms with E-state index in [0.717, 1.165) is 6.42 Å². The van der Waals surface area contributed by atoms with Crippen LogP contribution in [0.3, 0.4) is 0 Å². The Morgan fingerprint density at radius 3 is 2.58 bits per heavy atom. The highest BCUT2D eigenvalue weighted by Crippen LogP contribution is 2.18. The summed E-state index contributed by atoms with van der Waals surface area (Å²) in [4.78, 5) is 36.8. The Labute approximate surface area is 140 Å². The summed E-state index contributed by atoms with van der Waals surface area (Å²) in [6.07, 6.45) is 0.831. The number of ether oxygens (including phenoxy) is 2. The van der Waals surface area contributed by atoms with E-state index in [1.54, 1.807) is 31.2 Å². The van der Waals surface area contributed by atoms with Gasteiger partial charge in [-0.05, 0) is 44.0 Å². The van der Waals surface area contributed by atoms with Crippen molar-refractivity contribution in [2.75, 3.05) is 25.7 Å². The van der Waals surface area contributed by atoms with Crippen LogP contribution < -0.4 is 10.9 Å². The molecule has 8 heteroatoms. The molecule has 1 saturated heterocycles. The van der Waals surface area contributed by atoms with Gasteiger partial charge in [-0.3, -0.25) is 20.5 Å². The zero-order chi connectivity index (χ0) is 17.5. The molecule has 130 valence electrons. The van der Waals surface area contributed by atoms with Crippen molar-refractivity contribution in [1.82, 2.24) is 10.3 Å². The number of anilines is 1. The third kappa shape index (κ3) is 4.15. The fourth-order valence-electron chi connectivity index (χ4n) is 2.50. The molecule has 1 aliphatic heterocycles. The first-order valence-electron chi connectivity index (χ1n) is 7.74. The van der Waals surface area contributed by atoms with Gasteiger partial charge >= 0.3 is 12.1 Å². The van der Waals surface area contributed by atoms with Gasteiger partial charge in [0.2, 0.25) is 0 Å². The molecule has 2 rings (SSSR count). The highest BCUT2D eigenvalue weighted by molar-refractivity contribution is 5.90. The smallest absolute Gasteiger partial charge is 0.410 e. The molecular formula is C16H21N3O5. The Hall–Kier alpha value is -2.77. The lowest BCUT2D eigenvalue weighted by Gasteiger charge is -2.22. The van der Waals surface area contributed by atoms with E-state index < -0.39 is 18.1 Å². The van der Waals surface area contributed by atoms with E-state index in [1.807, 2.05) is 0 Å². The molecule has 0 radical (unpaired) electrons. The van der Waals surface area contributed by atoms with E-state index in [0.29, 0.717) is 30.8 Å². The van der Waals surface area contributed by atoms with Crippen LogP contribution in [0.25, 0.3) is 0 Å². The first-order valence-corrected chi connectivity index (χ1v) is 7.74. The molecule has 0 spiro atoms. The molecular weight excluding hydrogens is 314 g/mol. The van der Waals surface area contributed by atoms with Crippen LogP contribution in [0.2, 0.25) is 0 Å². The summed E-state index contributed by atoms with van der Waals surface area (Å²) >= 11 is 0. The summed E-state index contributed by atoms with van der Waals surface area (Å²) in [7, 11) is 1.29. The van der Waals surface area contributed by atoms with Gasteiger partial charge in [0.05, 0.1) is 25.0 Å². The molecule has 8 nitrogen and oxygen atoms in total. The van der Waals surface area contributed by atoms with Crippen molar-refractivity contribution in [2.24, 2.45) is 0 Å². The third-order valence-electron chi connectivity index (χ3n) is 3.69. The number of likely N-dealkylation sites (tertiary alicyclic amines) is 1. The van der Waals surface area contributed by atoms with Crippen LogP contribution in [0.15, 0.2) is 24.3 Å². The van der Waals surface area contributed by atoms with Gasteiger partial charge in [0.25, 0.3) is 5.91 Å². The van der Waals surface area contributed by atoms with Gasteiger partial charge in [-0.25, -0.2) is 9.59 Å². The number of carbonyl (C=O) groups is 3. The topological polar surface area (TPSA) is 97.0 Å². The van der Waals surface area contributed by atoms with Crippen LogP contribution in [0.1, 0.15) is 30.1 Å². The van der Waals surface area contributed by atoms with E-state index in [2.05, 4.69) is 15.6 Å². The van der Waals surface area contributed by atoms with Gasteiger partial charge < -0.3 is 9.47 Å². The minimum atomic E-state index is -0.552. The summed E-state index contributed by atoms with van der Waals surface area (Å²) in [6, 6.07) is 5.95. The van der Waals surface area contributed by atoms with Crippen LogP contribution >= 0.6 is 0 Å². The highest BCUT2D eigenvalue weighted by atomic mass is 16.5. The van der Waals surface area contributed by atoms with Crippen molar-refractivity contribution >= 4 is 23.7 Å². The first kappa shape index (κ1) is 17.6. The number of amides is 2. The Morgan fingerprint density at radius 1 is 1.25 bits per heavy atom. The van der Waals surface area contributed by atoms with Gasteiger partial charge in [0.1, 0.15) is 6.04 Å². The summed E-state index contributed by atoms with van der Waals surface area (Å²) in [5.74, 6) is -0.708. The molecule has 1 atom stereocenters. The monoisotopic (exact) mass is 335 g/mol. The molecule has 24 heavy (non-hydrogen) atoms. The van der Waals surface area contributed by atoms with Gasteiger partial charge in [0.15, 0.2) is 0 Å². The number of rotatable bonds is 5. The van der Waals surface area contributed by atoms with Crippen LogP contribution in [-0.2, 0) is 14.3 Å². The Kier molecular flexibility index (Phi) is 6.00. The lowest BCUT2D eigenvalue weighted by molar-refractivity contribution is -0.124. The number of carbonyl (C=O) groups excluding carboxylic acids is 3. The summed E-state index contributed by atoms with van der Waals surface area (Å²) in [5.41, 5.74) is 6.38. The molecule has 2 amide bonds. The largest absolute Gasteiger partial charge is 0.462 e. The number of nitrogens with zero attached hydrogens (tertiary/aromatic N) is 1. The van der Waals surface area contributed by atoms with Crippen molar-refractivity contribution in [1.29, 1.82) is 0 Å². The molecule has 1 fully saturated rings. The number of hydrazine groups is 1. The molecule has 1 aromatic carbocycles. The van der Waals surface area contributed by atoms with Gasteiger partial charge in [0, 0.05) is 6.54 Å². The van der Waals surface area contributed by atoms with Crippen LogP contribution in [0, 0.1) is 0 Å². The zero-order valence-corrected chi connectivity index (χ0v) is 13.7. The van der Waals surface area contributed by atoms with Crippen LogP contribution in [0.5, 0.6) is 0 Å². The number of benzene rings is 1. The predicted molar refractivity (Wildman–Crippen MR) is 86.3 cm³/mol. The van der Waals surface area contributed by atoms with E-state index >= 15 is 0 Å². The second kappa shape index (κ2) is 8.19. The molecule has 1 unspecified atom stereocenters. The molecule has 1 aliphatic rings. The summed E-state index contributed by atoms with van der Waals surface area (Å²) in [5, 5.41) is 0. The molecule has 0 aromatic heterocycles. The van der Waals surface area contributed by atoms with Gasteiger partial charge in [-0.2, -0.15) is 0 Å². The minimum absolute atomic E-state index is 0.312. The molecule has 0 bridgehead atoms. The average Bonchev–Trinajstić information content (AvgIpc) is 3.09. The van der Waals surface area contributed by atoms with Gasteiger partial charge in [-0.1, -0.05) is 0 Å². The van der Waals surface area contributed by atoms with E-state index in [-0.39, 0.29) is 5.91 Å². The average molecular weight is 335 g/mol. The number of esters is 1. The fraction of sp³-hybridized carbons (Fsp3) is 0.438. The first-order chi connectivity index (χ1) is 11.6. The molecule has 1 heterocycles. The van der Waals surface area contributed by atoms with Crippen molar-refractivity contribution < 1.29 is 23.9 Å². The Balaban J connectivity index is 1.89. The van der Waals surface area contributed by atoms with Gasteiger partial charge in [-0.15, -0.1) is 0 Å². The van der Waals surface area contributed by atoms with Crippen molar-refractivity contribution in [2.45, 2.75) is 25.8 Å². The minimum Gasteiger partial charge on any atom is -0.462 e. The van der Waals surface area contributed by atoms with E-state index in [1.165, 1.54) is 12.0 Å². The number of methoxy groups -OCH3 is 1. The van der Waals surface area contributed by atoms with Crippen LogP contribution in [0.4, 0.5) is 10.5 Å². The molecule has 1 aromatic rings. The highest BCUT2D eigenvalue weighted by Gasteiger charge is 2.34. The normalized spacial score (nSPS) is 16.4. The number of hydrogen-bond acceptors (Lipinski definition) is 6. The van der Waals surface area contributed by atoms with Crippen molar-refractivity contribution in [3.63, 3.8) is 0 Å². The predicted octanol–water partition coefficient (Wildman–Crippen LogP) is 1.54. The standard InChI is InChI=1S/C16H21N3O5/c1-3-24-15(21)11-6-8-12(9-7-11)17-18-14(20)13-5-4-10-19(13)16(22)23-2/h6-9,13,17H,3-5,10H2,1-2H3,(H,18,20). The molecule has 2 N–H and O–H groups in total. The third-order valence-corrected chi connectivity index (χ3v) is 3.69. The maximum atomic E-state index is 12.2. The van der Waals surface area contributed by atoms with Crippen LogP contribution in [-0.4, -0.2) is 49.2 Å². The quantitative estimate of drug-likeness (QED) is 0.626. The molecule has 0 saturated carbocycles. The van der Waals surface area contributed by atoms with E-state index in [4.69, 9.17) is 4.74 Å². The Morgan fingerprint density at radius 2 is 1.96 bits per heavy atom. The van der Waals surface area contributed by atoms with E-state index in [9.17, 15) is 14.4 Å². The number of hydrogen-bond donors (Lipinski definition) is 2. The Bertz CT molecular complexity index is 602. The maximum absolute atomic E-state index is 12.2. The zero-order valence-electron chi connectivity index (χ0n) is 13.7. The summed E-state index contributed by atoms with van der Waals surface area (Å²) in [6.45, 7) is 2.55. The fourth-order valence-corrected chi connectivity index (χ4v) is 2.50. The lowest BCUT2D eigenvalue weighted by Crippen LogP contribution is -2.47. The maximum Gasteiger partial charge on any atom is 0.410 e. The second-order valence-electron chi connectivity index (χ2n) is 5.23. The lowest BCUT2D eigenvalue weighted by atomic mass is 10.2. The second-order valence-corrected chi connectivity index (χ2v) is 5.23. The summed E-state index contributed by atoms with van der Waals surface area (Å²) < 4.78 is 9.58.